The minimum Gasteiger partial charge on any atom is -0.464 e. The third kappa shape index (κ3) is 4.61. The molecule has 1 aromatic rings. The molecule has 3 heteroatoms. The fourth-order valence-corrected chi connectivity index (χ4v) is 1.26. The van der Waals surface area contributed by atoms with Gasteiger partial charge in [-0.05, 0) is 19.4 Å². The number of rotatable bonds is 5. The quantitative estimate of drug-likeness (QED) is 0.695. The van der Waals surface area contributed by atoms with Crippen LogP contribution in [-0.2, 0) is 20.9 Å². The lowest BCUT2D eigenvalue weighted by molar-refractivity contribution is -0.148. The molecule has 0 saturated heterocycles. The molecule has 0 fully saturated rings. The summed E-state index contributed by atoms with van der Waals surface area (Å²) < 4.78 is 9.95. The number of hydrogen-bond donors (Lipinski definition) is 0. The monoisotopic (exact) mass is 208 g/mol. The summed E-state index contributed by atoms with van der Waals surface area (Å²) in [6, 6.07) is 8.00. The van der Waals surface area contributed by atoms with Crippen LogP contribution in [-0.4, -0.2) is 19.2 Å². The molecule has 1 aromatic carbocycles. The molecule has 0 atom stereocenters. The summed E-state index contributed by atoms with van der Waals surface area (Å²) in [5, 5.41) is 0. The number of ether oxygens (including phenoxy) is 2. The minimum atomic E-state index is -0.315. The molecule has 0 saturated carbocycles. The van der Waals surface area contributed by atoms with E-state index in [2.05, 4.69) is 0 Å². The van der Waals surface area contributed by atoms with Crippen LogP contribution in [0.15, 0.2) is 24.3 Å². The van der Waals surface area contributed by atoms with Gasteiger partial charge in [0, 0.05) is 0 Å². The number of carbonyl (C=O) groups excluding carboxylic acids is 1. The smallest absolute Gasteiger partial charge is 0.332 e. The first-order valence-electron chi connectivity index (χ1n) is 5.01. The van der Waals surface area contributed by atoms with E-state index < -0.39 is 0 Å². The molecule has 0 bridgehead atoms. The molecule has 0 N–H and O–H groups in total. The summed E-state index contributed by atoms with van der Waals surface area (Å²) in [5.74, 6) is -0.315. The van der Waals surface area contributed by atoms with E-state index in [0.29, 0.717) is 13.2 Å². The Labute approximate surface area is 90.0 Å². The van der Waals surface area contributed by atoms with E-state index in [0.717, 1.165) is 5.56 Å². The highest BCUT2D eigenvalue weighted by atomic mass is 16.6. The molecule has 3 nitrogen and oxygen atoms in total. The number of carbonyl (C=O) groups is 1. The Kier molecular flexibility index (Phi) is 4.84. The Morgan fingerprint density at radius 1 is 1.40 bits per heavy atom. The van der Waals surface area contributed by atoms with Crippen LogP contribution in [0.2, 0.25) is 0 Å². The Balaban J connectivity index is 2.28. The van der Waals surface area contributed by atoms with Crippen LogP contribution in [0.5, 0.6) is 0 Å². The molecule has 0 aliphatic rings. The first-order valence-corrected chi connectivity index (χ1v) is 5.01. The maximum Gasteiger partial charge on any atom is 0.332 e. The third-order valence-corrected chi connectivity index (χ3v) is 1.88. The molecule has 0 spiro atoms. The average molecular weight is 208 g/mol. The molecule has 0 unspecified atom stereocenters. The second kappa shape index (κ2) is 6.19. The Bertz CT molecular complexity index is 320. The molecule has 0 amide bonds. The lowest BCUT2D eigenvalue weighted by atomic mass is 10.1. The number of benzene rings is 1. The predicted molar refractivity (Wildman–Crippen MR) is 57.5 cm³/mol. The first-order chi connectivity index (χ1) is 7.22. The van der Waals surface area contributed by atoms with Gasteiger partial charge in [0.25, 0.3) is 0 Å². The van der Waals surface area contributed by atoms with Crippen molar-refractivity contribution in [3.8, 4) is 0 Å². The van der Waals surface area contributed by atoms with Gasteiger partial charge in [-0.1, -0.05) is 29.8 Å². The van der Waals surface area contributed by atoms with Gasteiger partial charge in [-0.15, -0.1) is 0 Å². The maximum absolute atomic E-state index is 11.0. The highest BCUT2D eigenvalue weighted by molar-refractivity contribution is 5.70. The van der Waals surface area contributed by atoms with Crippen LogP contribution in [0.1, 0.15) is 18.1 Å². The zero-order valence-electron chi connectivity index (χ0n) is 9.16. The lowest BCUT2D eigenvalue weighted by Gasteiger charge is -2.04. The molecule has 0 aliphatic carbocycles. The summed E-state index contributed by atoms with van der Waals surface area (Å²) in [6.45, 7) is 4.65. The Morgan fingerprint density at radius 3 is 2.87 bits per heavy atom. The molecular weight excluding hydrogens is 192 g/mol. The van der Waals surface area contributed by atoms with Crippen molar-refractivity contribution in [1.29, 1.82) is 0 Å². The van der Waals surface area contributed by atoms with Crippen LogP contribution in [0, 0.1) is 6.92 Å². The summed E-state index contributed by atoms with van der Waals surface area (Å²) in [7, 11) is 0. The minimum absolute atomic E-state index is 0.0157. The van der Waals surface area contributed by atoms with Crippen LogP contribution < -0.4 is 0 Å². The second-order valence-corrected chi connectivity index (χ2v) is 3.29. The van der Waals surface area contributed by atoms with Gasteiger partial charge in [0.15, 0.2) is 0 Å². The van der Waals surface area contributed by atoms with Gasteiger partial charge >= 0.3 is 5.97 Å². The molecule has 0 aliphatic heterocycles. The molecule has 0 aromatic heterocycles. The maximum atomic E-state index is 11.0. The van der Waals surface area contributed by atoms with Crippen molar-refractivity contribution in [2.75, 3.05) is 13.2 Å². The summed E-state index contributed by atoms with van der Waals surface area (Å²) in [5.41, 5.74) is 2.26. The van der Waals surface area contributed by atoms with E-state index in [-0.39, 0.29) is 12.6 Å². The van der Waals surface area contributed by atoms with Gasteiger partial charge in [-0.2, -0.15) is 0 Å². The van der Waals surface area contributed by atoms with Crippen molar-refractivity contribution < 1.29 is 14.3 Å². The van der Waals surface area contributed by atoms with E-state index in [1.807, 2.05) is 31.2 Å². The van der Waals surface area contributed by atoms with E-state index in [4.69, 9.17) is 9.47 Å². The summed E-state index contributed by atoms with van der Waals surface area (Å²) >= 11 is 0. The first kappa shape index (κ1) is 11.7. The number of esters is 1. The van der Waals surface area contributed by atoms with Crippen LogP contribution in [0.3, 0.4) is 0 Å². The van der Waals surface area contributed by atoms with Crippen molar-refractivity contribution >= 4 is 5.97 Å². The fourth-order valence-electron chi connectivity index (χ4n) is 1.26. The average Bonchev–Trinajstić information content (AvgIpc) is 2.18. The fraction of sp³-hybridized carbons (Fsp3) is 0.417. The lowest BCUT2D eigenvalue weighted by Crippen LogP contribution is -2.12. The zero-order valence-corrected chi connectivity index (χ0v) is 9.16. The van der Waals surface area contributed by atoms with Crippen LogP contribution in [0.25, 0.3) is 0 Å². The third-order valence-electron chi connectivity index (χ3n) is 1.88. The topological polar surface area (TPSA) is 35.5 Å². The Hall–Kier alpha value is -1.35. The second-order valence-electron chi connectivity index (χ2n) is 3.29. The van der Waals surface area contributed by atoms with Crippen molar-refractivity contribution in [3.05, 3.63) is 35.4 Å². The summed E-state index contributed by atoms with van der Waals surface area (Å²) in [6.07, 6.45) is 0. The largest absolute Gasteiger partial charge is 0.464 e. The van der Waals surface area contributed by atoms with Gasteiger partial charge in [-0.3, -0.25) is 0 Å². The van der Waals surface area contributed by atoms with Crippen molar-refractivity contribution in [2.24, 2.45) is 0 Å². The van der Waals surface area contributed by atoms with Crippen molar-refractivity contribution in [2.45, 2.75) is 20.5 Å². The number of aryl methyl sites for hydroxylation is 1. The zero-order chi connectivity index (χ0) is 11.1. The molecule has 82 valence electrons. The van der Waals surface area contributed by atoms with Crippen LogP contribution >= 0.6 is 0 Å². The molecule has 15 heavy (non-hydrogen) atoms. The normalized spacial score (nSPS) is 10.0. The van der Waals surface area contributed by atoms with E-state index in [1.165, 1.54) is 5.56 Å². The highest BCUT2D eigenvalue weighted by Crippen LogP contribution is 2.05. The molecular formula is C12H16O3. The number of hydrogen-bond acceptors (Lipinski definition) is 3. The van der Waals surface area contributed by atoms with Gasteiger partial charge < -0.3 is 9.47 Å². The highest BCUT2D eigenvalue weighted by Gasteiger charge is 2.01. The SMILES string of the molecule is CCOC(=O)COCc1cccc(C)c1. The van der Waals surface area contributed by atoms with E-state index in [9.17, 15) is 4.79 Å². The van der Waals surface area contributed by atoms with Crippen LogP contribution in [0.4, 0.5) is 0 Å². The van der Waals surface area contributed by atoms with E-state index in [1.54, 1.807) is 6.92 Å². The van der Waals surface area contributed by atoms with Crippen molar-refractivity contribution in [1.82, 2.24) is 0 Å². The predicted octanol–water partition coefficient (Wildman–Crippen LogP) is 2.07. The standard InChI is InChI=1S/C12H16O3/c1-3-15-12(13)9-14-8-11-6-4-5-10(2)7-11/h4-7H,3,8-9H2,1-2H3. The molecule has 1 rings (SSSR count). The van der Waals surface area contributed by atoms with Gasteiger partial charge in [0.05, 0.1) is 13.2 Å². The summed E-state index contributed by atoms with van der Waals surface area (Å²) in [4.78, 5) is 11.0. The van der Waals surface area contributed by atoms with Gasteiger partial charge in [-0.25, -0.2) is 4.79 Å². The van der Waals surface area contributed by atoms with Gasteiger partial charge in [0.1, 0.15) is 6.61 Å². The molecule has 0 radical (unpaired) electrons. The van der Waals surface area contributed by atoms with E-state index >= 15 is 0 Å². The molecule has 0 heterocycles. The van der Waals surface area contributed by atoms with Gasteiger partial charge in [0.2, 0.25) is 0 Å². The van der Waals surface area contributed by atoms with Crippen molar-refractivity contribution in [3.63, 3.8) is 0 Å². The Morgan fingerprint density at radius 2 is 2.20 bits per heavy atom.